The first-order chi connectivity index (χ1) is 10.1. The van der Waals surface area contributed by atoms with Crippen LogP contribution in [-0.2, 0) is 0 Å². The molecule has 1 fully saturated rings. The second kappa shape index (κ2) is 5.47. The summed E-state index contributed by atoms with van der Waals surface area (Å²) in [5, 5.41) is 9.61. The molecule has 1 aliphatic rings. The van der Waals surface area contributed by atoms with Crippen LogP contribution in [0.4, 0.5) is 10.5 Å². The zero-order valence-electron chi connectivity index (χ0n) is 11.5. The number of amides is 1. The third-order valence-electron chi connectivity index (χ3n) is 3.78. The molecule has 0 atom stereocenters. The standard InChI is InChI=1S/C15H16N2O4/c18-13-4-9-21-14-10-11(2-3-12(13)14)16-5-1-6-17(8-7-16)15(19)20/h2-4,9-10H,1,5-8H2,(H,19,20). The lowest BCUT2D eigenvalue weighted by molar-refractivity contribution is 0.148. The Balaban J connectivity index is 1.87. The van der Waals surface area contributed by atoms with Gasteiger partial charge in [0.15, 0.2) is 5.43 Å². The fourth-order valence-corrected chi connectivity index (χ4v) is 2.63. The Kier molecular flexibility index (Phi) is 3.51. The molecule has 0 bridgehead atoms. The first kappa shape index (κ1) is 13.5. The average Bonchev–Trinajstić information content (AvgIpc) is 2.73. The van der Waals surface area contributed by atoms with E-state index in [9.17, 15) is 9.59 Å². The van der Waals surface area contributed by atoms with Gasteiger partial charge < -0.3 is 19.3 Å². The zero-order chi connectivity index (χ0) is 14.8. The Bertz CT molecular complexity index is 725. The molecule has 1 aromatic carbocycles. The van der Waals surface area contributed by atoms with E-state index >= 15 is 0 Å². The molecular weight excluding hydrogens is 272 g/mol. The van der Waals surface area contributed by atoms with Gasteiger partial charge >= 0.3 is 6.09 Å². The summed E-state index contributed by atoms with van der Waals surface area (Å²) < 4.78 is 5.38. The number of nitrogens with zero attached hydrogens (tertiary/aromatic N) is 2. The molecule has 1 amide bonds. The van der Waals surface area contributed by atoms with Crippen molar-refractivity contribution in [3.63, 3.8) is 0 Å². The number of rotatable bonds is 1. The van der Waals surface area contributed by atoms with E-state index in [0.29, 0.717) is 30.6 Å². The summed E-state index contributed by atoms with van der Waals surface area (Å²) in [6.07, 6.45) is 1.30. The van der Waals surface area contributed by atoms with Crippen molar-refractivity contribution in [1.82, 2.24) is 4.90 Å². The number of hydrogen-bond acceptors (Lipinski definition) is 4. The Labute approximate surface area is 121 Å². The molecule has 2 aromatic rings. The number of benzene rings is 1. The predicted molar refractivity (Wildman–Crippen MR) is 78.9 cm³/mol. The minimum atomic E-state index is -0.874. The first-order valence-corrected chi connectivity index (χ1v) is 6.89. The summed E-state index contributed by atoms with van der Waals surface area (Å²) in [4.78, 5) is 26.3. The lowest BCUT2D eigenvalue weighted by Gasteiger charge is -2.23. The molecule has 1 aliphatic heterocycles. The average molecular weight is 288 g/mol. The van der Waals surface area contributed by atoms with E-state index in [4.69, 9.17) is 9.52 Å². The maximum absolute atomic E-state index is 11.7. The van der Waals surface area contributed by atoms with E-state index in [1.807, 2.05) is 12.1 Å². The van der Waals surface area contributed by atoms with Crippen LogP contribution in [0.25, 0.3) is 11.0 Å². The molecule has 0 aliphatic carbocycles. The third kappa shape index (κ3) is 2.69. The van der Waals surface area contributed by atoms with Crippen molar-refractivity contribution < 1.29 is 14.3 Å². The Morgan fingerprint density at radius 3 is 2.81 bits per heavy atom. The van der Waals surface area contributed by atoms with Crippen LogP contribution in [0.3, 0.4) is 0 Å². The van der Waals surface area contributed by atoms with Gasteiger partial charge in [-0.05, 0) is 18.6 Å². The van der Waals surface area contributed by atoms with Gasteiger partial charge in [0.25, 0.3) is 0 Å². The fraction of sp³-hybridized carbons (Fsp3) is 0.333. The van der Waals surface area contributed by atoms with Gasteiger partial charge in [0.2, 0.25) is 0 Å². The highest BCUT2D eigenvalue weighted by molar-refractivity contribution is 5.80. The summed E-state index contributed by atoms with van der Waals surface area (Å²) in [5.74, 6) is 0. The van der Waals surface area contributed by atoms with Gasteiger partial charge in [0.05, 0.1) is 11.6 Å². The summed E-state index contributed by atoms with van der Waals surface area (Å²) >= 11 is 0. The van der Waals surface area contributed by atoms with E-state index in [2.05, 4.69) is 4.90 Å². The van der Waals surface area contributed by atoms with Crippen LogP contribution in [0.5, 0.6) is 0 Å². The van der Waals surface area contributed by atoms with Crippen molar-refractivity contribution in [1.29, 1.82) is 0 Å². The molecule has 1 saturated heterocycles. The highest BCUT2D eigenvalue weighted by Crippen LogP contribution is 2.21. The van der Waals surface area contributed by atoms with E-state index < -0.39 is 6.09 Å². The van der Waals surface area contributed by atoms with E-state index in [0.717, 1.165) is 18.7 Å². The van der Waals surface area contributed by atoms with Crippen molar-refractivity contribution in [2.45, 2.75) is 6.42 Å². The number of hydrogen-bond donors (Lipinski definition) is 1. The molecule has 6 nitrogen and oxygen atoms in total. The fourth-order valence-electron chi connectivity index (χ4n) is 2.63. The molecule has 0 saturated carbocycles. The maximum Gasteiger partial charge on any atom is 0.407 e. The molecule has 3 rings (SSSR count). The van der Waals surface area contributed by atoms with Crippen molar-refractivity contribution in [3.05, 3.63) is 40.8 Å². The van der Waals surface area contributed by atoms with Crippen LogP contribution < -0.4 is 10.3 Å². The van der Waals surface area contributed by atoms with Crippen molar-refractivity contribution in [2.75, 3.05) is 31.1 Å². The van der Waals surface area contributed by atoms with Gasteiger partial charge in [-0.1, -0.05) is 0 Å². The normalized spacial score (nSPS) is 16.0. The van der Waals surface area contributed by atoms with Crippen LogP contribution >= 0.6 is 0 Å². The number of carbonyl (C=O) groups is 1. The Morgan fingerprint density at radius 2 is 2.00 bits per heavy atom. The van der Waals surface area contributed by atoms with Crippen LogP contribution in [0.2, 0.25) is 0 Å². The maximum atomic E-state index is 11.7. The summed E-state index contributed by atoms with van der Waals surface area (Å²) in [6, 6.07) is 6.89. The molecule has 1 aromatic heterocycles. The van der Waals surface area contributed by atoms with Crippen molar-refractivity contribution in [2.24, 2.45) is 0 Å². The summed E-state index contributed by atoms with van der Waals surface area (Å²) in [7, 11) is 0. The Morgan fingerprint density at radius 1 is 1.14 bits per heavy atom. The number of carboxylic acid groups (broad SMARTS) is 1. The van der Waals surface area contributed by atoms with Gasteiger partial charge in [0, 0.05) is 44.0 Å². The van der Waals surface area contributed by atoms with Gasteiger partial charge in [-0.25, -0.2) is 4.79 Å². The van der Waals surface area contributed by atoms with Gasteiger partial charge in [-0.2, -0.15) is 0 Å². The third-order valence-corrected chi connectivity index (χ3v) is 3.78. The Hall–Kier alpha value is -2.50. The predicted octanol–water partition coefficient (Wildman–Crippen LogP) is 1.98. The van der Waals surface area contributed by atoms with E-state index in [-0.39, 0.29) is 5.43 Å². The minimum Gasteiger partial charge on any atom is -0.465 e. The molecule has 0 unspecified atom stereocenters. The minimum absolute atomic E-state index is 0.0595. The van der Waals surface area contributed by atoms with Crippen molar-refractivity contribution >= 4 is 22.7 Å². The van der Waals surface area contributed by atoms with Crippen LogP contribution in [0, 0.1) is 0 Å². The largest absolute Gasteiger partial charge is 0.465 e. The molecule has 21 heavy (non-hydrogen) atoms. The highest BCUT2D eigenvalue weighted by atomic mass is 16.4. The molecule has 2 heterocycles. The highest BCUT2D eigenvalue weighted by Gasteiger charge is 2.18. The van der Waals surface area contributed by atoms with Crippen molar-refractivity contribution in [3.8, 4) is 0 Å². The molecule has 0 spiro atoms. The summed E-state index contributed by atoms with van der Waals surface area (Å²) in [6.45, 7) is 2.45. The number of anilines is 1. The van der Waals surface area contributed by atoms with Gasteiger partial charge in [0.1, 0.15) is 5.58 Å². The molecule has 0 radical (unpaired) electrons. The van der Waals surface area contributed by atoms with Crippen LogP contribution in [0.1, 0.15) is 6.42 Å². The smallest absolute Gasteiger partial charge is 0.407 e. The molecular formula is C15H16N2O4. The van der Waals surface area contributed by atoms with Gasteiger partial charge in [-0.3, -0.25) is 4.79 Å². The number of fused-ring (bicyclic) bond motifs is 1. The molecule has 110 valence electrons. The lowest BCUT2D eigenvalue weighted by atomic mass is 10.2. The van der Waals surface area contributed by atoms with E-state index in [1.54, 1.807) is 6.07 Å². The van der Waals surface area contributed by atoms with Crippen LogP contribution in [-0.4, -0.2) is 42.3 Å². The molecule has 6 heteroatoms. The molecule has 1 N–H and O–H groups in total. The summed E-state index contributed by atoms with van der Waals surface area (Å²) in [5.41, 5.74) is 1.44. The second-order valence-electron chi connectivity index (χ2n) is 5.08. The van der Waals surface area contributed by atoms with Gasteiger partial charge in [-0.15, -0.1) is 0 Å². The lowest BCUT2D eigenvalue weighted by Crippen LogP contribution is -2.34. The van der Waals surface area contributed by atoms with E-state index in [1.165, 1.54) is 17.2 Å². The zero-order valence-corrected chi connectivity index (χ0v) is 11.5. The quantitative estimate of drug-likeness (QED) is 0.868. The first-order valence-electron chi connectivity index (χ1n) is 6.89. The topological polar surface area (TPSA) is 74.0 Å². The monoisotopic (exact) mass is 288 g/mol. The van der Waals surface area contributed by atoms with Crippen LogP contribution in [0.15, 0.2) is 39.7 Å². The second-order valence-corrected chi connectivity index (χ2v) is 5.08. The SMILES string of the molecule is O=C(O)N1CCCN(c2ccc3c(=O)ccoc3c2)CC1.